The Balaban J connectivity index is 1.99. The van der Waals surface area contributed by atoms with Crippen LogP contribution in [0.15, 0.2) is 59.6 Å². The highest BCUT2D eigenvalue weighted by Gasteiger charge is 2.42. The molecule has 198 valence electrons. The first kappa shape index (κ1) is 27.9. The zero-order valence-electron chi connectivity index (χ0n) is 19.9. The van der Waals surface area contributed by atoms with Crippen LogP contribution in [0.1, 0.15) is 42.9 Å². The van der Waals surface area contributed by atoms with Gasteiger partial charge >= 0.3 is 6.18 Å². The molecule has 3 N–H and O–H groups in total. The lowest BCUT2D eigenvalue weighted by Crippen LogP contribution is -2.48. The summed E-state index contributed by atoms with van der Waals surface area (Å²) in [6.07, 6.45) is -10.1. The monoisotopic (exact) mass is 523 g/mol. The fourth-order valence-corrected chi connectivity index (χ4v) is 4.30. The molecular formula is C26H26F5N3O3. The molecule has 0 aliphatic carbocycles. The van der Waals surface area contributed by atoms with Gasteiger partial charge in [0.1, 0.15) is 0 Å². The minimum Gasteiger partial charge on any atom is -0.369 e. The molecule has 3 atom stereocenters. The molecule has 0 saturated carbocycles. The molecule has 0 fully saturated rings. The van der Waals surface area contributed by atoms with E-state index in [0.717, 1.165) is 0 Å². The fraction of sp³-hybridized carbons (Fsp3) is 0.385. The van der Waals surface area contributed by atoms with Gasteiger partial charge in [-0.05, 0) is 18.9 Å². The Labute approximate surface area is 210 Å². The van der Waals surface area contributed by atoms with Crippen molar-refractivity contribution in [2.45, 2.75) is 50.9 Å². The van der Waals surface area contributed by atoms with E-state index in [0.29, 0.717) is 29.3 Å². The van der Waals surface area contributed by atoms with Gasteiger partial charge in [-0.25, -0.2) is 8.78 Å². The first-order valence-electron chi connectivity index (χ1n) is 11.5. The van der Waals surface area contributed by atoms with Crippen LogP contribution in [0.3, 0.4) is 0 Å². The fourth-order valence-electron chi connectivity index (χ4n) is 4.30. The summed E-state index contributed by atoms with van der Waals surface area (Å²) in [5.74, 6) is -10.3. The van der Waals surface area contributed by atoms with Crippen LogP contribution in [0.25, 0.3) is 0 Å². The number of ketones is 1. The van der Waals surface area contributed by atoms with Gasteiger partial charge < -0.3 is 11.1 Å². The third-order valence-corrected chi connectivity index (χ3v) is 6.03. The van der Waals surface area contributed by atoms with E-state index in [4.69, 9.17) is 5.73 Å². The molecule has 3 rings (SSSR count). The molecule has 0 aromatic heterocycles. The second-order valence-electron chi connectivity index (χ2n) is 9.10. The molecule has 11 heteroatoms. The Morgan fingerprint density at radius 1 is 1.03 bits per heavy atom. The summed E-state index contributed by atoms with van der Waals surface area (Å²) in [6, 6.07) is 15.7. The number of hydrogen-bond acceptors (Lipinski definition) is 4. The topological polar surface area (TPSA) is 102 Å². The van der Waals surface area contributed by atoms with E-state index >= 15 is 0 Å². The summed E-state index contributed by atoms with van der Waals surface area (Å²) in [7, 11) is 0. The Morgan fingerprint density at radius 3 is 2.24 bits per heavy atom. The highest BCUT2D eigenvalue weighted by atomic mass is 19.4. The molecule has 1 unspecified atom stereocenters. The number of primary amides is 1. The smallest absolute Gasteiger partial charge is 0.369 e. The number of carbonyl (C=O) groups is 3. The van der Waals surface area contributed by atoms with E-state index in [-0.39, 0.29) is 6.42 Å². The van der Waals surface area contributed by atoms with E-state index < -0.39 is 67.0 Å². The summed E-state index contributed by atoms with van der Waals surface area (Å²) in [5.41, 5.74) is 7.48. The van der Waals surface area contributed by atoms with Crippen molar-refractivity contribution in [2.24, 2.45) is 22.6 Å². The maximum Gasteiger partial charge on any atom is 0.389 e. The van der Waals surface area contributed by atoms with Crippen molar-refractivity contribution in [3.63, 3.8) is 0 Å². The Bertz CT molecular complexity index is 1180. The number of benzene rings is 2. The van der Waals surface area contributed by atoms with Crippen LogP contribution in [-0.4, -0.2) is 41.6 Å². The quantitative estimate of drug-likeness (QED) is 0.482. The Morgan fingerprint density at radius 2 is 1.65 bits per heavy atom. The molecule has 0 spiro atoms. The molecular weight excluding hydrogens is 497 g/mol. The third kappa shape index (κ3) is 7.68. The lowest BCUT2D eigenvalue weighted by molar-refractivity contribution is -0.148. The molecule has 2 amide bonds. The molecule has 0 radical (unpaired) electrons. The first-order valence-corrected chi connectivity index (χ1v) is 11.5. The van der Waals surface area contributed by atoms with Gasteiger partial charge in [-0.1, -0.05) is 54.6 Å². The van der Waals surface area contributed by atoms with Crippen molar-refractivity contribution in [1.29, 1.82) is 0 Å². The number of alkyl halides is 5. The van der Waals surface area contributed by atoms with Crippen LogP contribution in [0.5, 0.6) is 0 Å². The van der Waals surface area contributed by atoms with Gasteiger partial charge in [0.2, 0.25) is 17.7 Å². The number of halogens is 5. The van der Waals surface area contributed by atoms with Crippen molar-refractivity contribution >= 4 is 23.3 Å². The van der Waals surface area contributed by atoms with E-state index in [1.54, 1.807) is 54.6 Å². The molecule has 2 aromatic rings. The Kier molecular flexibility index (Phi) is 8.45. The van der Waals surface area contributed by atoms with Gasteiger partial charge in [-0.2, -0.15) is 13.2 Å². The average Bonchev–Trinajstić information content (AvgIpc) is 2.93. The molecule has 1 heterocycles. The predicted octanol–water partition coefficient (Wildman–Crippen LogP) is 4.20. The Hall–Kier alpha value is -3.63. The summed E-state index contributed by atoms with van der Waals surface area (Å²) >= 11 is 0. The molecule has 0 saturated heterocycles. The lowest BCUT2D eigenvalue weighted by Gasteiger charge is -2.27. The van der Waals surface area contributed by atoms with E-state index in [1.807, 2.05) is 0 Å². The van der Waals surface area contributed by atoms with E-state index in [1.165, 1.54) is 0 Å². The van der Waals surface area contributed by atoms with Crippen LogP contribution in [0, 0.1) is 11.8 Å². The van der Waals surface area contributed by atoms with Gasteiger partial charge in [-0.15, -0.1) is 0 Å². The second-order valence-corrected chi connectivity index (χ2v) is 9.10. The zero-order valence-corrected chi connectivity index (χ0v) is 19.9. The van der Waals surface area contributed by atoms with Gasteiger partial charge in [-0.3, -0.25) is 19.4 Å². The van der Waals surface area contributed by atoms with Gasteiger partial charge in [0, 0.05) is 30.4 Å². The van der Waals surface area contributed by atoms with E-state index in [2.05, 4.69) is 10.3 Å². The summed E-state index contributed by atoms with van der Waals surface area (Å²) in [5, 5.41) is 2.30. The van der Waals surface area contributed by atoms with Crippen LogP contribution in [-0.2, 0) is 20.8 Å². The molecule has 37 heavy (non-hydrogen) atoms. The van der Waals surface area contributed by atoms with Crippen molar-refractivity contribution in [3.8, 4) is 0 Å². The molecule has 0 bridgehead atoms. The predicted molar refractivity (Wildman–Crippen MR) is 126 cm³/mol. The van der Waals surface area contributed by atoms with Gasteiger partial charge in [0.25, 0.3) is 0 Å². The minimum absolute atomic E-state index is 0.138. The van der Waals surface area contributed by atoms with Crippen LogP contribution in [0.2, 0.25) is 0 Å². The minimum atomic E-state index is -4.71. The maximum absolute atomic E-state index is 13.8. The molecule has 1 aliphatic heterocycles. The number of carbonyl (C=O) groups excluding carboxylic acids is 3. The summed E-state index contributed by atoms with van der Waals surface area (Å²) < 4.78 is 66.4. The molecule has 6 nitrogen and oxygen atoms in total. The number of nitrogens with two attached hydrogens (primary N) is 1. The van der Waals surface area contributed by atoms with Crippen molar-refractivity contribution in [2.75, 3.05) is 0 Å². The SMILES string of the molecule is CC(F)(F)CC(C(N)=O)[C@@H](CCC(F)(F)F)C(=O)N[C@H]1N=C(c2ccccc2)c2ccccc2CC1=O. The van der Waals surface area contributed by atoms with Gasteiger partial charge in [0.15, 0.2) is 11.9 Å². The van der Waals surface area contributed by atoms with Crippen molar-refractivity contribution in [3.05, 3.63) is 71.3 Å². The third-order valence-electron chi connectivity index (χ3n) is 6.03. The highest BCUT2D eigenvalue weighted by Crippen LogP contribution is 2.33. The van der Waals surface area contributed by atoms with E-state index in [9.17, 15) is 36.3 Å². The number of Topliss-reactive ketones (excluding diaryl/α,β-unsaturated/α-hetero) is 1. The second kappa shape index (κ2) is 11.2. The van der Waals surface area contributed by atoms with Crippen molar-refractivity contribution < 1.29 is 36.3 Å². The number of fused-ring (bicyclic) bond motifs is 1. The number of aliphatic imine (C=N–C) groups is 1. The number of hydrogen-bond donors (Lipinski definition) is 2. The maximum atomic E-state index is 13.8. The van der Waals surface area contributed by atoms with Gasteiger partial charge in [0.05, 0.1) is 17.5 Å². The zero-order chi connectivity index (χ0) is 27.4. The standard InChI is InChI=1S/C26H26F5N3O3/c1-25(27,28)14-19(22(32)36)18(11-12-26(29,30)31)24(37)34-23-20(35)13-16-9-5-6-10-17(16)21(33-23)15-7-3-2-4-8-15/h2-10,18-19,23H,11-14H2,1H3,(H2,32,36)(H,34,37)/t18-,19?,23-/m1/s1. The highest BCUT2D eigenvalue weighted by molar-refractivity contribution is 6.16. The summed E-state index contributed by atoms with van der Waals surface area (Å²) in [4.78, 5) is 42.6. The number of amides is 2. The number of nitrogens with one attached hydrogen (secondary N) is 1. The largest absolute Gasteiger partial charge is 0.389 e. The van der Waals surface area contributed by atoms with Crippen LogP contribution >= 0.6 is 0 Å². The molecule has 1 aliphatic rings. The normalized spacial score (nSPS) is 17.7. The summed E-state index contributed by atoms with van der Waals surface area (Å²) in [6.45, 7) is 0.476. The average molecular weight is 524 g/mol. The van der Waals surface area contributed by atoms with Crippen molar-refractivity contribution in [1.82, 2.24) is 5.32 Å². The first-order chi connectivity index (χ1) is 17.2. The number of rotatable bonds is 9. The number of nitrogens with zero attached hydrogens (tertiary/aromatic N) is 1. The lowest BCUT2D eigenvalue weighted by atomic mass is 9.82. The molecule has 2 aromatic carbocycles. The van der Waals surface area contributed by atoms with Crippen LogP contribution in [0.4, 0.5) is 22.0 Å². The van der Waals surface area contributed by atoms with Crippen LogP contribution < -0.4 is 11.1 Å².